The largest absolute Gasteiger partial charge is 0.463 e. The van der Waals surface area contributed by atoms with Gasteiger partial charge in [0.15, 0.2) is 0 Å². The quantitative estimate of drug-likeness (QED) is 0.145. The lowest BCUT2D eigenvalue weighted by Gasteiger charge is -2.29. The van der Waals surface area contributed by atoms with Gasteiger partial charge < -0.3 is 19.6 Å². The summed E-state index contributed by atoms with van der Waals surface area (Å²) in [6.07, 6.45) is 7.68. The monoisotopic (exact) mass is 739 g/mol. The van der Waals surface area contributed by atoms with E-state index in [4.69, 9.17) is 14.8 Å². The van der Waals surface area contributed by atoms with Crippen LogP contribution in [0, 0.1) is 17.7 Å². The van der Waals surface area contributed by atoms with Crippen molar-refractivity contribution >= 4 is 22.3 Å². The van der Waals surface area contributed by atoms with Crippen LogP contribution in [0.25, 0.3) is 50.2 Å². The lowest BCUT2D eigenvalue weighted by atomic mass is 9.96. The first kappa shape index (κ1) is 35.0. The summed E-state index contributed by atoms with van der Waals surface area (Å²) in [6, 6.07) is 19.5. The number of ether oxygens (including phenoxy) is 1. The zero-order valence-corrected chi connectivity index (χ0v) is 31.9. The van der Waals surface area contributed by atoms with Crippen molar-refractivity contribution in [3.8, 4) is 39.5 Å². The number of hydrogen-bond donors (Lipinski definition) is 2. The molecule has 0 bridgehead atoms. The van der Waals surface area contributed by atoms with Gasteiger partial charge in [-0.25, -0.2) is 18.9 Å². The van der Waals surface area contributed by atoms with Crippen LogP contribution in [-0.2, 0) is 11.3 Å². The summed E-state index contributed by atoms with van der Waals surface area (Å²) in [4.78, 5) is 33.9. The van der Waals surface area contributed by atoms with E-state index in [1.54, 1.807) is 6.20 Å². The predicted octanol–water partition coefficient (Wildman–Crippen LogP) is 8.61. The molecule has 7 aromatic rings. The summed E-state index contributed by atoms with van der Waals surface area (Å²) in [6.45, 7) is 10.8. The highest BCUT2D eigenvalue weighted by Gasteiger charge is 2.36. The van der Waals surface area contributed by atoms with E-state index >= 15 is 4.39 Å². The fourth-order valence-corrected chi connectivity index (χ4v) is 8.19. The number of likely N-dealkylation sites (tertiary alicyclic amines) is 1. The minimum atomic E-state index is -0.661. The Labute approximate surface area is 319 Å². The molecule has 0 saturated carbocycles. The molecule has 1 amide bonds. The van der Waals surface area contributed by atoms with Crippen LogP contribution >= 0.6 is 0 Å². The van der Waals surface area contributed by atoms with Crippen LogP contribution in [0.1, 0.15) is 76.6 Å². The van der Waals surface area contributed by atoms with Crippen LogP contribution in [0.4, 0.5) is 4.39 Å². The number of aromatic nitrogens is 7. The van der Waals surface area contributed by atoms with Crippen LogP contribution < -0.4 is 4.74 Å². The molecule has 0 spiro atoms. The van der Waals surface area contributed by atoms with Gasteiger partial charge in [0.2, 0.25) is 12.1 Å². The van der Waals surface area contributed by atoms with Crippen molar-refractivity contribution in [2.45, 2.75) is 65.8 Å². The molecule has 55 heavy (non-hydrogen) atoms. The number of imidazole rings is 2. The van der Waals surface area contributed by atoms with E-state index in [1.807, 2.05) is 69.7 Å². The van der Waals surface area contributed by atoms with Crippen LogP contribution in [-0.4, -0.2) is 70.0 Å². The van der Waals surface area contributed by atoms with Gasteiger partial charge in [-0.3, -0.25) is 14.3 Å². The van der Waals surface area contributed by atoms with Gasteiger partial charge in [-0.05, 0) is 87.3 Å². The lowest BCUT2D eigenvalue weighted by Crippen LogP contribution is -2.36. The Balaban J connectivity index is 1.10. The molecule has 0 radical (unpaired) electrons. The van der Waals surface area contributed by atoms with Crippen molar-refractivity contribution < 1.29 is 13.9 Å². The van der Waals surface area contributed by atoms with Crippen molar-refractivity contribution in [2.24, 2.45) is 11.8 Å². The molecular formula is C43H46FN9O2. The van der Waals surface area contributed by atoms with E-state index in [2.05, 4.69) is 65.9 Å². The third-order valence-electron chi connectivity index (χ3n) is 11.4. The van der Waals surface area contributed by atoms with Gasteiger partial charge >= 0.3 is 0 Å². The Morgan fingerprint density at radius 1 is 1.02 bits per heavy atom. The third-order valence-corrected chi connectivity index (χ3v) is 11.4. The Kier molecular flexibility index (Phi) is 8.80. The number of H-pyrrole nitrogens is 2. The molecule has 1 unspecified atom stereocenters. The predicted molar refractivity (Wildman–Crippen MR) is 211 cm³/mol. The second-order valence-corrected chi connectivity index (χ2v) is 15.5. The summed E-state index contributed by atoms with van der Waals surface area (Å²) >= 11 is 0. The first-order valence-electron chi connectivity index (χ1n) is 19.3. The Morgan fingerprint density at radius 2 is 1.85 bits per heavy atom. The molecule has 1 saturated heterocycles. The molecule has 2 aliphatic rings. The molecule has 0 aliphatic carbocycles. The number of benzene rings is 2. The second kappa shape index (κ2) is 13.8. The number of rotatable bonds is 10. The van der Waals surface area contributed by atoms with Crippen molar-refractivity contribution in [3.05, 3.63) is 102 Å². The molecule has 12 heteroatoms. The molecule has 1 fully saturated rings. The molecule has 2 aromatic carbocycles. The second-order valence-electron chi connectivity index (χ2n) is 15.5. The number of nitrogens with one attached hydrogen (secondary N) is 2. The molecule has 11 nitrogen and oxygen atoms in total. The number of carbonyl (C=O) groups is 1. The maximum absolute atomic E-state index is 16.7. The number of fused-ring (bicyclic) bond motifs is 6. The first-order chi connectivity index (χ1) is 26.7. The Hall–Kier alpha value is -5.75. The standard InChI is InChI=1S/C43H46FN9O2/c1-6-14-50(5)24-39-45-22-33(47-39)27-12-13-35-29(17-27)19-37-40-31(44)18-28(20-38(40)55-43(53(35)37)32-21-30-10-7-8-16-52(30)49-32)34-23-46-41(48-34)36-11-9-15-51(36)42(54)26(4)25(2)3/h7-8,10,12-13,16-23,25-26,36,43H,6,9,11,14-15,24H2,1-5H3,(H,45,47)(H,46,48)/t26-,36-,43?/m0/s1. The van der Waals surface area contributed by atoms with Gasteiger partial charge in [-0.1, -0.05) is 39.8 Å². The highest BCUT2D eigenvalue weighted by molar-refractivity contribution is 5.92. The number of aromatic amines is 2. The summed E-state index contributed by atoms with van der Waals surface area (Å²) < 4.78 is 27.3. The van der Waals surface area contributed by atoms with Crippen LogP contribution in [0.2, 0.25) is 0 Å². The number of pyridine rings is 1. The molecule has 2 N–H and O–H groups in total. The van der Waals surface area contributed by atoms with Crippen LogP contribution in [0.5, 0.6) is 5.75 Å². The van der Waals surface area contributed by atoms with Crippen LogP contribution in [0.3, 0.4) is 0 Å². The number of amides is 1. The number of carbonyl (C=O) groups excluding carboxylic acids is 1. The van der Waals surface area contributed by atoms with Gasteiger partial charge in [0.1, 0.15) is 28.9 Å². The van der Waals surface area contributed by atoms with Gasteiger partial charge in [0.25, 0.3) is 0 Å². The van der Waals surface area contributed by atoms with Crippen molar-refractivity contribution in [3.63, 3.8) is 0 Å². The third kappa shape index (κ3) is 6.18. The number of hydrogen-bond acceptors (Lipinski definition) is 6. The maximum Gasteiger partial charge on any atom is 0.226 e. The molecule has 282 valence electrons. The smallest absolute Gasteiger partial charge is 0.226 e. The zero-order valence-electron chi connectivity index (χ0n) is 31.9. The van der Waals surface area contributed by atoms with Crippen molar-refractivity contribution in [1.82, 2.24) is 43.9 Å². The minimum Gasteiger partial charge on any atom is -0.463 e. The van der Waals surface area contributed by atoms with E-state index in [0.29, 0.717) is 46.3 Å². The summed E-state index contributed by atoms with van der Waals surface area (Å²) in [7, 11) is 2.10. The van der Waals surface area contributed by atoms with Gasteiger partial charge in [-0.2, -0.15) is 5.10 Å². The number of nitrogens with zero attached hydrogens (tertiary/aromatic N) is 7. The average molecular weight is 740 g/mol. The average Bonchev–Trinajstić information content (AvgIpc) is 4.02. The summed E-state index contributed by atoms with van der Waals surface area (Å²) in [5.41, 5.74) is 6.81. The van der Waals surface area contributed by atoms with E-state index in [0.717, 1.165) is 65.9 Å². The highest BCUT2D eigenvalue weighted by Crippen LogP contribution is 2.47. The first-order valence-corrected chi connectivity index (χ1v) is 19.3. The number of halogens is 1. The van der Waals surface area contributed by atoms with E-state index in [1.165, 1.54) is 6.07 Å². The fourth-order valence-electron chi connectivity index (χ4n) is 8.19. The molecular weight excluding hydrogens is 694 g/mol. The Bertz CT molecular complexity index is 2510. The minimum absolute atomic E-state index is 0.0779. The van der Waals surface area contributed by atoms with Gasteiger partial charge in [-0.15, -0.1) is 0 Å². The summed E-state index contributed by atoms with van der Waals surface area (Å²) in [5, 5.41) is 5.85. The van der Waals surface area contributed by atoms with E-state index < -0.39 is 12.0 Å². The highest BCUT2D eigenvalue weighted by atomic mass is 19.1. The van der Waals surface area contributed by atoms with Crippen LogP contribution in [0.15, 0.2) is 79.3 Å². The lowest BCUT2D eigenvalue weighted by molar-refractivity contribution is -0.137. The van der Waals surface area contributed by atoms with Crippen molar-refractivity contribution in [2.75, 3.05) is 20.1 Å². The molecule has 2 aliphatic heterocycles. The van der Waals surface area contributed by atoms with Gasteiger partial charge in [0, 0.05) is 35.2 Å². The maximum atomic E-state index is 16.7. The molecule has 5 aromatic heterocycles. The zero-order chi connectivity index (χ0) is 38.0. The van der Waals surface area contributed by atoms with E-state index in [9.17, 15) is 4.79 Å². The normalized spacial score (nSPS) is 17.3. The van der Waals surface area contributed by atoms with Crippen molar-refractivity contribution in [1.29, 1.82) is 0 Å². The van der Waals surface area contributed by atoms with Gasteiger partial charge in [0.05, 0.1) is 58.7 Å². The topological polar surface area (TPSA) is 112 Å². The fraction of sp³-hybridized carbons (Fsp3) is 0.349. The molecule has 7 heterocycles. The molecule has 9 rings (SSSR count). The van der Waals surface area contributed by atoms with E-state index in [-0.39, 0.29) is 23.8 Å². The Morgan fingerprint density at radius 3 is 2.67 bits per heavy atom. The summed E-state index contributed by atoms with van der Waals surface area (Å²) in [5.74, 6) is 1.96. The molecule has 3 atom stereocenters. The SMILES string of the molecule is CCCN(C)Cc1ncc(-c2ccc3c(c2)cc2n3C(c3cc4ccccn4n3)Oc3cc(-c4cnc([C@@H]5CCCN5C(=O)[C@@H](C)C(C)C)[nH]4)cc(F)c3-2)[nH]1.